The van der Waals surface area contributed by atoms with Gasteiger partial charge < -0.3 is 9.64 Å². The molecule has 5 fully saturated rings. The van der Waals surface area contributed by atoms with Crippen molar-refractivity contribution < 1.29 is 9.53 Å². The number of carbonyl (C=O) groups excluding carboxylic acids is 1. The Morgan fingerprint density at radius 2 is 1.89 bits per heavy atom. The number of methoxy groups -OCH3 is 1. The van der Waals surface area contributed by atoms with Crippen LogP contribution < -0.4 is 4.74 Å². The lowest BCUT2D eigenvalue weighted by Gasteiger charge is -2.60. The number of amides is 1. The highest BCUT2D eigenvalue weighted by Crippen LogP contribution is 2.65. The molecule has 6 rings (SSSR count). The summed E-state index contributed by atoms with van der Waals surface area (Å²) in [6.45, 7) is 0.915. The van der Waals surface area contributed by atoms with E-state index in [1.165, 1.54) is 44.1 Å². The van der Waals surface area contributed by atoms with Gasteiger partial charge in [-0.25, -0.2) is 0 Å². The molecule has 3 nitrogen and oxygen atoms in total. The zero-order valence-electron chi connectivity index (χ0n) is 16.3. The molecule has 0 radical (unpaired) electrons. The van der Waals surface area contributed by atoms with E-state index in [2.05, 4.69) is 33.0 Å². The minimum absolute atomic E-state index is 0.246. The van der Waals surface area contributed by atoms with Crippen LogP contribution in [0.3, 0.4) is 0 Å². The van der Waals surface area contributed by atoms with E-state index in [1.54, 1.807) is 7.11 Å². The van der Waals surface area contributed by atoms with E-state index in [0.29, 0.717) is 10.2 Å². The second-order valence-corrected chi connectivity index (χ2v) is 11.5. The molecule has 4 saturated carbocycles. The zero-order valence-corrected chi connectivity index (χ0v) is 17.8. The summed E-state index contributed by atoms with van der Waals surface area (Å²) < 4.78 is 5.62. The highest BCUT2D eigenvalue weighted by Gasteiger charge is 2.57. The van der Waals surface area contributed by atoms with Crippen molar-refractivity contribution in [3.63, 3.8) is 0 Å². The Labute approximate surface area is 171 Å². The summed E-state index contributed by atoms with van der Waals surface area (Å²) in [5, 5.41) is 0. The van der Waals surface area contributed by atoms with Crippen LogP contribution in [0.15, 0.2) is 24.3 Å². The van der Waals surface area contributed by atoms with Crippen LogP contribution in [0.5, 0.6) is 5.75 Å². The number of halogens is 1. The zero-order chi connectivity index (χ0) is 18.6. The molecule has 27 heavy (non-hydrogen) atoms. The SMILES string of the molecule is COc1ccc(C2CCCN2C(=O)CC23CC4CC(CC(Br)(C4)C2)C3)cc1. The summed E-state index contributed by atoms with van der Waals surface area (Å²) in [6, 6.07) is 8.55. The smallest absolute Gasteiger partial charge is 0.223 e. The molecule has 1 aromatic rings. The van der Waals surface area contributed by atoms with Crippen LogP contribution in [-0.2, 0) is 4.79 Å². The summed E-state index contributed by atoms with van der Waals surface area (Å²) >= 11 is 4.09. The molecule has 4 heteroatoms. The molecule has 5 aliphatic rings. The monoisotopic (exact) mass is 431 g/mol. The van der Waals surface area contributed by atoms with Gasteiger partial charge in [-0.3, -0.25) is 4.79 Å². The molecule has 4 bridgehead atoms. The second kappa shape index (κ2) is 6.50. The van der Waals surface area contributed by atoms with Crippen molar-refractivity contribution in [3.8, 4) is 5.75 Å². The lowest BCUT2D eigenvalue weighted by molar-refractivity contribution is -0.139. The Morgan fingerprint density at radius 3 is 2.52 bits per heavy atom. The van der Waals surface area contributed by atoms with Gasteiger partial charge in [0.1, 0.15) is 5.75 Å². The topological polar surface area (TPSA) is 29.5 Å². The molecule has 1 aliphatic heterocycles. The number of benzene rings is 1. The van der Waals surface area contributed by atoms with Gasteiger partial charge in [-0.2, -0.15) is 0 Å². The first-order chi connectivity index (χ1) is 13.0. The fraction of sp³-hybridized carbons (Fsp3) is 0.696. The average molecular weight is 432 g/mol. The minimum Gasteiger partial charge on any atom is -0.497 e. The van der Waals surface area contributed by atoms with Gasteiger partial charge in [0.15, 0.2) is 0 Å². The Hall–Kier alpha value is -1.03. The van der Waals surface area contributed by atoms with E-state index in [9.17, 15) is 4.79 Å². The van der Waals surface area contributed by atoms with Crippen LogP contribution in [0.4, 0.5) is 0 Å². The fourth-order valence-electron chi connectivity index (χ4n) is 7.20. The van der Waals surface area contributed by atoms with Gasteiger partial charge in [-0.15, -0.1) is 0 Å². The number of ether oxygens (including phenoxy) is 1. The summed E-state index contributed by atoms with van der Waals surface area (Å²) in [4.78, 5) is 15.6. The molecule has 1 amide bonds. The lowest BCUT2D eigenvalue weighted by atomic mass is 9.48. The largest absolute Gasteiger partial charge is 0.497 e. The standard InChI is InChI=1S/C23H30BrNO2/c1-27-19-6-4-18(5-7-19)20-3-2-8-25(20)21(26)14-22-10-16-9-17(11-22)13-23(24,12-16)15-22/h4-7,16-17,20H,2-3,8-15H2,1H3. The van der Waals surface area contributed by atoms with Crippen molar-refractivity contribution in [2.45, 2.75) is 68.2 Å². The summed E-state index contributed by atoms with van der Waals surface area (Å²) in [5.74, 6) is 2.96. The lowest BCUT2D eigenvalue weighted by Crippen LogP contribution is -2.54. The third kappa shape index (κ3) is 3.22. The van der Waals surface area contributed by atoms with Crippen molar-refractivity contribution in [3.05, 3.63) is 29.8 Å². The molecule has 1 saturated heterocycles. The van der Waals surface area contributed by atoms with E-state index in [4.69, 9.17) is 4.74 Å². The van der Waals surface area contributed by atoms with Gasteiger partial charge in [0.05, 0.1) is 13.2 Å². The number of likely N-dealkylation sites (tertiary alicyclic amines) is 1. The predicted molar refractivity (Wildman–Crippen MR) is 110 cm³/mol. The van der Waals surface area contributed by atoms with Crippen LogP contribution in [0.25, 0.3) is 0 Å². The number of hydrogen-bond donors (Lipinski definition) is 0. The predicted octanol–water partition coefficient (Wildman–Crippen LogP) is 5.48. The molecule has 0 N–H and O–H groups in total. The van der Waals surface area contributed by atoms with E-state index >= 15 is 0 Å². The second-order valence-electron chi connectivity index (χ2n) is 9.81. The first kappa shape index (κ1) is 18.0. The van der Waals surface area contributed by atoms with Crippen LogP contribution in [-0.4, -0.2) is 28.8 Å². The Morgan fingerprint density at radius 1 is 1.19 bits per heavy atom. The quantitative estimate of drug-likeness (QED) is 0.590. The van der Waals surface area contributed by atoms with E-state index in [-0.39, 0.29) is 11.5 Å². The van der Waals surface area contributed by atoms with Crippen molar-refractivity contribution in [1.82, 2.24) is 4.90 Å². The van der Waals surface area contributed by atoms with E-state index < -0.39 is 0 Å². The van der Waals surface area contributed by atoms with Crippen LogP contribution in [0.1, 0.15) is 69.4 Å². The number of nitrogens with zero attached hydrogens (tertiary/aromatic N) is 1. The van der Waals surface area contributed by atoms with Crippen molar-refractivity contribution in [2.75, 3.05) is 13.7 Å². The molecule has 4 aliphatic carbocycles. The molecule has 0 aromatic heterocycles. The van der Waals surface area contributed by atoms with Gasteiger partial charge in [0.25, 0.3) is 0 Å². The maximum Gasteiger partial charge on any atom is 0.223 e. The average Bonchev–Trinajstić information content (AvgIpc) is 3.09. The van der Waals surface area contributed by atoms with Crippen molar-refractivity contribution in [1.29, 1.82) is 0 Å². The first-order valence-electron chi connectivity index (χ1n) is 10.6. The molecule has 1 aromatic carbocycles. The summed E-state index contributed by atoms with van der Waals surface area (Å²) in [6.07, 6.45) is 10.8. The number of rotatable bonds is 4. The third-order valence-corrected chi connectivity index (χ3v) is 8.64. The van der Waals surface area contributed by atoms with Gasteiger partial charge >= 0.3 is 0 Å². The van der Waals surface area contributed by atoms with E-state index in [1.807, 2.05) is 12.1 Å². The van der Waals surface area contributed by atoms with Crippen LogP contribution in [0, 0.1) is 17.3 Å². The highest BCUT2D eigenvalue weighted by molar-refractivity contribution is 9.10. The van der Waals surface area contributed by atoms with Crippen molar-refractivity contribution in [2.24, 2.45) is 17.3 Å². The van der Waals surface area contributed by atoms with Gasteiger partial charge in [0.2, 0.25) is 5.91 Å². The number of carbonyl (C=O) groups is 1. The Balaban J connectivity index is 1.33. The third-order valence-electron chi connectivity index (χ3n) is 7.71. The molecule has 3 unspecified atom stereocenters. The number of hydrogen-bond acceptors (Lipinski definition) is 2. The highest BCUT2D eigenvalue weighted by atomic mass is 79.9. The molecule has 146 valence electrons. The Bertz CT molecular complexity index is 716. The van der Waals surface area contributed by atoms with E-state index in [0.717, 1.165) is 43.4 Å². The molecule has 3 atom stereocenters. The van der Waals surface area contributed by atoms with Gasteiger partial charge in [-0.05, 0) is 86.3 Å². The normalized spacial score (nSPS) is 39.8. The summed E-state index contributed by atoms with van der Waals surface area (Å²) in [7, 11) is 1.70. The molecule has 1 heterocycles. The molecular weight excluding hydrogens is 402 g/mol. The molecule has 0 spiro atoms. The van der Waals surface area contributed by atoms with Crippen molar-refractivity contribution >= 4 is 21.8 Å². The van der Waals surface area contributed by atoms with Crippen LogP contribution >= 0.6 is 15.9 Å². The summed E-state index contributed by atoms with van der Waals surface area (Å²) in [5.41, 5.74) is 1.52. The van der Waals surface area contributed by atoms with Crippen LogP contribution in [0.2, 0.25) is 0 Å². The van der Waals surface area contributed by atoms with Gasteiger partial charge in [0, 0.05) is 17.3 Å². The first-order valence-corrected chi connectivity index (χ1v) is 11.4. The minimum atomic E-state index is 0.246. The maximum absolute atomic E-state index is 13.4. The fourth-order valence-corrected chi connectivity index (χ4v) is 8.71. The number of alkyl halides is 1. The Kier molecular flexibility index (Phi) is 4.34. The molecular formula is C23H30BrNO2. The van der Waals surface area contributed by atoms with Gasteiger partial charge in [-0.1, -0.05) is 28.1 Å². The maximum atomic E-state index is 13.4.